The first-order valence-corrected chi connectivity index (χ1v) is 9.31. The van der Waals surface area contributed by atoms with Crippen LogP contribution in [-0.2, 0) is 11.3 Å². The van der Waals surface area contributed by atoms with Crippen LogP contribution in [0.15, 0.2) is 54.9 Å². The van der Waals surface area contributed by atoms with E-state index in [1.165, 1.54) is 0 Å². The fraction of sp³-hybridized carbons (Fsp3) is 0.333. The number of amides is 1. The summed E-state index contributed by atoms with van der Waals surface area (Å²) in [4.78, 5) is 21.2. The summed E-state index contributed by atoms with van der Waals surface area (Å²) in [5.41, 5.74) is 1.13. The van der Waals surface area contributed by atoms with Crippen LogP contribution in [0.3, 0.4) is 0 Å². The Morgan fingerprint density at radius 3 is 2.70 bits per heavy atom. The average Bonchev–Trinajstić information content (AvgIpc) is 3.15. The van der Waals surface area contributed by atoms with Crippen LogP contribution in [0.1, 0.15) is 6.42 Å². The largest absolute Gasteiger partial charge is 0.497 e. The van der Waals surface area contributed by atoms with Gasteiger partial charge >= 0.3 is 0 Å². The van der Waals surface area contributed by atoms with Crippen molar-refractivity contribution < 1.29 is 9.53 Å². The molecule has 1 saturated heterocycles. The van der Waals surface area contributed by atoms with Crippen molar-refractivity contribution in [2.24, 2.45) is 0 Å². The molecule has 0 atom stereocenters. The third-order valence-corrected chi connectivity index (χ3v) is 5.15. The van der Waals surface area contributed by atoms with E-state index in [-0.39, 0.29) is 5.91 Å². The summed E-state index contributed by atoms with van der Waals surface area (Å²) in [6, 6.07) is 14.0. The number of piperazine rings is 1. The highest BCUT2D eigenvalue weighted by Gasteiger charge is 2.21. The van der Waals surface area contributed by atoms with E-state index in [4.69, 9.17) is 4.74 Å². The molecule has 2 aromatic heterocycles. The van der Waals surface area contributed by atoms with Gasteiger partial charge < -0.3 is 19.1 Å². The second-order valence-corrected chi connectivity index (χ2v) is 6.74. The second kappa shape index (κ2) is 7.70. The van der Waals surface area contributed by atoms with Gasteiger partial charge in [-0.15, -0.1) is 0 Å². The standard InChI is InChI=1S/C21H24N4O2/c1-27-18-5-6-19-17(16-18)7-10-23(19)11-8-21(26)25-14-12-24(13-15-25)20-4-2-3-9-22-20/h2-7,9-10,16H,8,11-15H2,1H3. The molecule has 6 nitrogen and oxygen atoms in total. The van der Waals surface area contributed by atoms with Crippen LogP contribution in [0.25, 0.3) is 10.9 Å². The van der Waals surface area contributed by atoms with Crippen LogP contribution >= 0.6 is 0 Å². The predicted molar refractivity (Wildman–Crippen MR) is 106 cm³/mol. The minimum absolute atomic E-state index is 0.214. The van der Waals surface area contributed by atoms with E-state index in [0.29, 0.717) is 13.0 Å². The number of anilines is 1. The lowest BCUT2D eigenvalue weighted by Gasteiger charge is -2.35. The number of methoxy groups -OCH3 is 1. The number of fused-ring (bicyclic) bond motifs is 1. The van der Waals surface area contributed by atoms with Gasteiger partial charge in [-0.3, -0.25) is 4.79 Å². The molecule has 0 aliphatic carbocycles. The van der Waals surface area contributed by atoms with Crippen LogP contribution < -0.4 is 9.64 Å². The Balaban J connectivity index is 1.33. The summed E-state index contributed by atoms with van der Waals surface area (Å²) in [5.74, 6) is 2.05. The zero-order valence-corrected chi connectivity index (χ0v) is 15.5. The Hall–Kier alpha value is -3.02. The Morgan fingerprint density at radius 2 is 1.96 bits per heavy atom. The summed E-state index contributed by atoms with van der Waals surface area (Å²) in [6.07, 6.45) is 4.36. The lowest BCUT2D eigenvalue weighted by Crippen LogP contribution is -2.49. The van der Waals surface area contributed by atoms with E-state index < -0.39 is 0 Å². The fourth-order valence-corrected chi connectivity index (χ4v) is 3.60. The minimum Gasteiger partial charge on any atom is -0.497 e. The predicted octanol–water partition coefficient (Wildman–Crippen LogP) is 2.78. The topological polar surface area (TPSA) is 50.6 Å². The van der Waals surface area contributed by atoms with Crippen LogP contribution in [0.4, 0.5) is 5.82 Å². The number of hydrogen-bond acceptors (Lipinski definition) is 4. The van der Waals surface area contributed by atoms with Gasteiger partial charge in [0, 0.05) is 62.4 Å². The average molecular weight is 364 g/mol. The van der Waals surface area contributed by atoms with Gasteiger partial charge in [0.2, 0.25) is 5.91 Å². The maximum atomic E-state index is 12.6. The molecular formula is C21H24N4O2. The van der Waals surface area contributed by atoms with Gasteiger partial charge in [0.1, 0.15) is 11.6 Å². The highest BCUT2D eigenvalue weighted by atomic mass is 16.5. The molecule has 0 saturated carbocycles. The van der Waals surface area contributed by atoms with Gasteiger partial charge in [-0.1, -0.05) is 6.07 Å². The lowest BCUT2D eigenvalue weighted by atomic mass is 10.2. The molecule has 140 valence electrons. The molecule has 0 spiro atoms. The number of aryl methyl sites for hydroxylation is 1. The maximum absolute atomic E-state index is 12.6. The normalized spacial score (nSPS) is 14.6. The lowest BCUT2D eigenvalue weighted by molar-refractivity contribution is -0.131. The fourth-order valence-electron chi connectivity index (χ4n) is 3.60. The van der Waals surface area contributed by atoms with Gasteiger partial charge in [-0.05, 0) is 36.4 Å². The first-order chi connectivity index (χ1) is 13.2. The molecule has 3 heterocycles. The van der Waals surface area contributed by atoms with Crippen LogP contribution in [0.5, 0.6) is 5.75 Å². The molecular weight excluding hydrogens is 340 g/mol. The monoisotopic (exact) mass is 364 g/mol. The smallest absolute Gasteiger partial charge is 0.224 e. The maximum Gasteiger partial charge on any atom is 0.224 e. The first-order valence-electron chi connectivity index (χ1n) is 9.31. The van der Waals surface area contributed by atoms with E-state index >= 15 is 0 Å². The van der Waals surface area contributed by atoms with Gasteiger partial charge in [-0.25, -0.2) is 4.98 Å². The molecule has 1 amide bonds. The zero-order valence-electron chi connectivity index (χ0n) is 15.5. The summed E-state index contributed by atoms with van der Waals surface area (Å²) in [5, 5.41) is 1.13. The number of nitrogens with zero attached hydrogens (tertiary/aromatic N) is 4. The third-order valence-electron chi connectivity index (χ3n) is 5.15. The van der Waals surface area contributed by atoms with Crippen LogP contribution in [0.2, 0.25) is 0 Å². The third kappa shape index (κ3) is 3.74. The summed E-state index contributed by atoms with van der Waals surface area (Å²) in [6.45, 7) is 3.84. The Labute approximate surface area is 159 Å². The Kier molecular flexibility index (Phi) is 4.96. The molecule has 27 heavy (non-hydrogen) atoms. The quantitative estimate of drug-likeness (QED) is 0.699. The van der Waals surface area contributed by atoms with Crippen molar-refractivity contribution in [1.82, 2.24) is 14.5 Å². The summed E-state index contributed by atoms with van der Waals surface area (Å²) >= 11 is 0. The molecule has 6 heteroatoms. The molecule has 1 aliphatic heterocycles. The zero-order chi connectivity index (χ0) is 18.6. The number of ether oxygens (including phenoxy) is 1. The van der Waals surface area contributed by atoms with Gasteiger partial charge in [0.25, 0.3) is 0 Å². The molecule has 0 bridgehead atoms. The van der Waals surface area contributed by atoms with Gasteiger partial charge in [0.05, 0.1) is 7.11 Å². The second-order valence-electron chi connectivity index (χ2n) is 6.74. The molecule has 4 rings (SSSR count). The number of benzene rings is 1. The number of carbonyl (C=O) groups excluding carboxylic acids is 1. The van der Waals surface area contributed by atoms with Crippen molar-refractivity contribution in [2.45, 2.75) is 13.0 Å². The van der Waals surface area contributed by atoms with E-state index in [1.54, 1.807) is 7.11 Å². The highest BCUT2D eigenvalue weighted by molar-refractivity contribution is 5.82. The molecule has 0 unspecified atom stereocenters. The van der Waals surface area contributed by atoms with E-state index in [2.05, 4.69) is 20.5 Å². The van der Waals surface area contributed by atoms with Crippen molar-refractivity contribution in [3.8, 4) is 5.75 Å². The Morgan fingerprint density at radius 1 is 1.11 bits per heavy atom. The van der Waals surface area contributed by atoms with Gasteiger partial charge in [-0.2, -0.15) is 0 Å². The van der Waals surface area contributed by atoms with Gasteiger partial charge in [0.15, 0.2) is 0 Å². The molecule has 1 aromatic carbocycles. The molecule has 0 radical (unpaired) electrons. The number of hydrogen-bond donors (Lipinski definition) is 0. The van der Waals surface area contributed by atoms with E-state index in [0.717, 1.165) is 48.6 Å². The van der Waals surface area contributed by atoms with Crippen molar-refractivity contribution >= 4 is 22.6 Å². The van der Waals surface area contributed by atoms with E-state index in [9.17, 15) is 4.79 Å². The van der Waals surface area contributed by atoms with Crippen molar-refractivity contribution in [2.75, 3.05) is 38.2 Å². The van der Waals surface area contributed by atoms with Crippen molar-refractivity contribution in [1.29, 1.82) is 0 Å². The molecule has 3 aromatic rings. The van der Waals surface area contributed by atoms with Crippen molar-refractivity contribution in [3.05, 3.63) is 54.9 Å². The molecule has 0 N–H and O–H groups in total. The first kappa shape index (κ1) is 17.4. The number of pyridine rings is 1. The highest BCUT2D eigenvalue weighted by Crippen LogP contribution is 2.22. The number of rotatable bonds is 5. The number of carbonyl (C=O) groups is 1. The minimum atomic E-state index is 0.214. The molecule has 1 aliphatic rings. The van der Waals surface area contributed by atoms with E-state index in [1.807, 2.05) is 53.7 Å². The summed E-state index contributed by atoms with van der Waals surface area (Å²) in [7, 11) is 1.67. The Bertz CT molecular complexity index is 914. The van der Waals surface area contributed by atoms with Crippen LogP contribution in [0, 0.1) is 0 Å². The summed E-state index contributed by atoms with van der Waals surface area (Å²) < 4.78 is 7.41. The number of aromatic nitrogens is 2. The SMILES string of the molecule is COc1ccc2c(ccn2CCC(=O)N2CCN(c3ccccn3)CC2)c1. The van der Waals surface area contributed by atoms with Crippen LogP contribution in [-0.4, -0.2) is 53.6 Å². The molecule has 1 fully saturated rings. The van der Waals surface area contributed by atoms with Crippen molar-refractivity contribution in [3.63, 3.8) is 0 Å².